The van der Waals surface area contributed by atoms with Crippen molar-refractivity contribution in [1.29, 1.82) is 0 Å². The van der Waals surface area contributed by atoms with E-state index in [0.29, 0.717) is 0 Å². The fourth-order valence-corrected chi connectivity index (χ4v) is 5.02. The molecule has 0 spiro atoms. The minimum atomic E-state index is -0.682. The molecule has 0 amide bonds. The lowest BCUT2D eigenvalue weighted by Crippen LogP contribution is -2.25. The molecule has 3 rings (SSSR count). The van der Waals surface area contributed by atoms with Crippen LogP contribution in [0.3, 0.4) is 0 Å². The Morgan fingerprint density at radius 1 is 0.840 bits per heavy atom. The highest BCUT2D eigenvalue weighted by Crippen LogP contribution is 2.33. The van der Waals surface area contributed by atoms with Crippen molar-refractivity contribution >= 4 is 47.4 Å². The van der Waals surface area contributed by atoms with Crippen LogP contribution in [-0.4, -0.2) is 11.3 Å². The van der Waals surface area contributed by atoms with E-state index in [0.717, 1.165) is 5.56 Å². The Labute approximate surface area is 154 Å². The van der Waals surface area contributed by atoms with E-state index in [4.69, 9.17) is 18.0 Å². The molecule has 0 aromatic heterocycles. The SMILES string of the molecule is NC(=S)N/N=C/c1ccccc1P(c1ccccc1)c1ccccc1. The van der Waals surface area contributed by atoms with E-state index in [2.05, 4.69) is 77.3 Å². The van der Waals surface area contributed by atoms with Gasteiger partial charge < -0.3 is 5.73 Å². The van der Waals surface area contributed by atoms with Crippen LogP contribution in [-0.2, 0) is 0 Å². The molecule has 5 heteroatoms. The summed E-state index contributed by atoms with van der Waals surface area (Å²) in [5.74, 6) is 0. The van der Waals surface area contributed by atoms with Gasteiger partial charge in [0.25, 0.3) is 0 Å². The maximum Gasteiger partial charge on any atom is 0.184 e. The zero-order valence-corrected chi connectivity index (χ0v) is 15.3. The van der Waals surface area contributed by atoms with E-state index in [9.17, 15) is 0 Å². The molecule has 0 radical (unpaired) electrons. The van der Waals surface area contributed by atoms with Gasteiger partial charge in [-0.3, -0.25) is 5.43 Å². The monoisotopic (exact) mass is 363 g/mol. The van der Waals surface area contributed by atoms with Crippen molar-refractivity contribution < 1.29 is 0 Å². The van der Waals surface area contributed by atoms with Crippen LogP contribution in [0.1, 0.15) is 5.56 Å². The Kier molecular flexibility index (Phi) is 5.89. The highest BCUT2D eigenvalue weighted by Gasteiger charge is 2.18. The zero-order valence-electron chi connectivity index (χ0n) is 13.5. The summed E-state index contributed by atoms with van der Waals surface area (Å²) in [6.45, 7) is 0. The lowest BCUT2D eigenvalue weighted by atomic mass is 10.2. The summed E-state index contributed by atoms with van der Waals surface area (Å²) in [5, 5.41) is 8.13. The van der Waals surface area contributed by atoms with Gasteiger partial charge in [-0.05, 0) is 36.1 Å². The van der Waals surface area contributed by atoms with Crippen molar-refractivity contribution in [2.75, 3.05) is 0 Å². The number of nitrogens with zero attached hydrogens (tertiary/aromatic N) is 1. The minimum Gasteiger partial charge on any atom is -0.375 e. The fraction of sp³-hybridized carbons (Fsp3) is 0. The third kappa shape index (κ3) is 4.50. The number of hydrogen-bond acceptors (Lipinski definition) is 2. The van der Waals surface area contributed by atoms with E-state index in [1.165, 1.54) is 15.9 Å². The van der Waals surface area contributed by atoms with Crippen LogP contribution in [0.5, 0.6) is 0 Å². The first-order chi connectivity index (χ1) is 12.3. The standard InChI is InChI=1S/C20H18N3PS/c21-20(25)23-22-15-16-9-7-8-14-19(16)24(17-10-3-1-4-11-17)18-12-5-2-6-13-18/h1-15H,(H3,21,23,25)/b22-15+. The first-order valence-electron chi connectivity index (χ1n) is 7.83. The number of thiocarbonyl (C=S) groups is 1. The van der Waals surface area contributed by atoms with E-state index in [1.54, 1.807) is 6.21 Å². The Hall–Kier alpha value is -2.55. The van der Waals surface area contributed by atoms with Crippen molar-refractivity contribution in [3.63, 3.8) is 0 Å². The van der Waals surface area contributed by atoms with Crippen molar-refractivity contribution in [2.24, 2.45) is 10.8 Å². The lowest BCUT2D eigenvalue weighted by Gasteiger charge is -2.21. The summed E-state index contributed by atoms with van der Waals surface area (Å²) in [5.41, 5.74) is 9.12. The second-order valence-electron chi connectivity index (χ2n) is 5.30. The normalized spacial score (nSPS) is 10.9. The number of nitrogens with one attached hydrogen (secondary N) is 1. The quantitative estimate of drug-likeness (QED) is 0.317. The summed E-state index contributed by atoms with van der Waals surface area (Å²) in [7, 11) is -0.682. The van der Waals surface area contributed by atoms with Crippen LogP contribution in [0.25, 0.3) is 0 Å². The number of nitrogens with two attached hydrogens (primary N) is 1. The second kappa shape index (κ2) is 8.52. The van der Waals surface area contributed by atoms with Crippen molar-refractivity contribution in [3.05, 3.63) is 90.5 Å². The molecule has 0 unspecified atom stereocenters. The third-order valence-corrected chi connectivity index (χ3v) is 6.19. The summed E-state index contributed by atoms with van der Waals surface area (Å²) in [6.07, 6.45) is 1.77. The molecule has 0 aliphatic heterocycles. The molecule has 124 valence electrons. The van der Waals surface area contributed by atoms with E-state index in [-0.39, 0.29) is 5.11 Å². The molecule has 25 heavy (non-hydrogen) atoms. The van der Waals surface area contributed by atoms with Crippen molar-refractivity contribution in [2.45, 2.75) is 0 Å². The molecule has 0 aliphatic carbocycles. The molecule has 3 aromatic rings. The molecule has 0 fully saturated rings. The van der Waals surface area contributed by atoms with Crippen molar-refractivity contribution in [1.82, 2.24) is 5.43 Å². The Morgan fingerprint density at radius 3 is 1.92 bits per heavy atom. The van der Waals surface area contributed by atoms with Gasteiger partial charge in [-0.25, -0.2) is 0 Å². The summed E-state index contributed by atoms with van der Waals surface area (Å²) in [4.78, 5) is 0. The van der Waals surface area contributed by atoms with Gasteiger partial charge in [-0.2, -0.15) is 5.10 Å². The van der Waals surface area contributed by atoms with Crippen LogP contribution in [0.15, 0.2) is 90.0 Å². The molecular weight excluding hydrogens is 345 g/mol. The van der Waals surface area contributed by atoms with Crippen LogP contribution in [0.4, 0.5) is 0 Å². The molecule has 0 bridgehead atoms. The number of hydrogen-bond donors (Lipinski definition) is 2. The Balaban J connectivity index is 2.09. The Bertz CT molecular complexity index is 827. The zero-order chi connectivity index (χ0) is 17.5. The topological polar surface area (TPSA) is 50.4 Å². The first-order valence-corrected chi connectivity index (χ1v) is 9.58. The van der Waals surface area contributed by atoms with E-state index >= 15 is 0 Å². The smallest absolute Gasteiger partial charge is 0.184 e. The highest BCUT2D eigenvalue weighted by atomic mass is 32.1. The fourth-order valence-electron chi connectivity index (χ4n) is 2.55. The van der Waals surface area contributed by atoms with Gasteiger partial charge in [0.15, 0.2) is 5.11 Å². The molecule has 3 nitrogen and oxygen atoms in total. The first kappa shape index (κ1) is 17.3. The van der Waals surface area contributed by atoms with Crippen molar-refractivity contribution in [3.8, 4) is 0 Å². The summed E-state index contributed by atoms with van der Waals surface area (Å²) in [6, 6.07) is 29.4. The van der Waals surface area contributed by atoms with Gasteiger partial charge in [0.05, 0.1) is 6.21 Å². The molecule has 0 aliphatic rings. The van der Waals surface area contributed by atoms with E-state index in [1.807, 2.05) is 18.2 Å². The molecule has 3 aromatic carbocycles. The van der Waals surface area contributed by atoms with Gasteiger partial charge in [0.2, 0.25) is 0 Å². The minimum absolute atomic E-state index is 0.155. The number of benzene rings is 3. The van der Waals surface area contributed by atoms with Gasteiger partial charge >= 0.3 is 0 Å². The molecule has 0 heterocycles. The van der Waals surface area contributed by atoms with Gasteiger partial charge in [-0.15, -0.1) is 0 Å². The van der Waals surface area contributed by atoms with Crippen LogP contribution < -0.4 is 27.1 Å². The van der Waals surface area contributed by atoms with Gasteiger partial charge in [0, 0.05) is 5.56 Å². The predicted molar refractivity (Wildman–Crippen MR) is 113 cm³/mol. The highest BCUT2D eigenvalue weighted by molar-refractivity contribution is 7.80. The van der Waals surface area contributed by atoms with E-state index < -0.39 is 7.92 Å². The van der Waals surface area contributed by atoms with Gasteiger partial charge in [0.1, 0.15) is 0 Å². The molecule has 0 saturated heterocycles. The second-order valence-corrected chi connectivity index (χ2v) is 7.92. The number of rotatable bonds is 5. The third-order valence-electron chi connectivity index (χ3n) is 3.58. The van der Waals surface area contributed by atoms with Crippen LogP contribution >= 0.6 is 20.1 Å². The van der Waals surface area contributed by atoms with Crippen LogP contribution in [0, 0.1) is 0 Å². The maximum atomic E-state index is 5.45. The molecule has 0 saturated carbocycles. The summed E-state index contributed by atoms with van der Waals surface area (Å²) < 4.78 is 0. The van der Waals surface area contributed by atoms with Gasteiger partial charge in [-0.1, -0.05) is 84.9 Å². The molecule has 0 atom stereocenters. The molecular formula is C20H18N3PS. The average Bonchev–Trinajstić information content (AvgIpc) is 2.65. The van der Waals surface area contributed by atoms with Crippen LogP contribution in [0.2, 0.25) is 0 Å². The lowest BCUT2D eigenvalue weighted by molar-refractivity contribution is 1.04. The summed E-state index contributed by atoms with van der Waals surface area (Å²) >= 11 is 4.81. The molecule has 3 N–H and O–H groups in total. The number of hydrazone groups is 1. The predicted octanol–water partition coefficient (Wildman–Crippen LogP) is 2.61. The Morgan fingerprint density at radius 2 is 1.36 bits per heavy atom. The maximum absolute atomic E-state index is 5.45. The average molecular weight is 363 g/mol. The largest absolute Gasteiger partial charge is 0.375 e.